The van der Waals surface area contributed by atoms with Crippen LogP contribution in [-0.2, 0) is 14.6 Å². The minimum atomic E-state index is -3.14. The molecule has 0 saturated heterocycles. The number of carbonyl (C=O) groups is 2. The molecule has 0 saturated carbocycles. The summed E-state index contributed by atoms with van der Waals surface area (Å²) >= 11 is 0. The van der Waals surface area contributed by atoms with Crippen LogP contribution in [0.25, 0.3) is 0 Å². The van der Waals surface area contributed by atoms with E-state index in [4.69, 9.17) is 5.11 Å². The number of nitrogens with one attached hydrogen (secondary N) is 1. The Morgan fingerprint density at radius 1 is 1.29 bits per heavy atom. The third-order valence-electron chi connectivity index (χ3n) is 2.75. The maximum Gasteiger partial charge on any atom is 0.317 e. The van der Waals surface area contributed by atoms with Gasteiger partial charge in [-0.1, -0.05) is 20.8 Å². The lowest BCUT2D eigenvalue weighted by molar-refractivity contribution is -0.137. The number of hydrogen-bond donors (Lipinski definition) is 2. The Balaban J connectivity index is 4.61. The van der Waals surface area contributed by atoms with Gasteiger partial charge in [0.2, 0.25) is 0 Å². The first-order valence-corrected chi connectivity index (χ1v) is 8.77. The molecule has 0 heterocycles. The predicted molar refractivity (Wildman–Crippen MR) is 81.0 cm³/mol. The normalized spacial score (nSPS) is 13.6. The highest BCUT2D eigenvalue weighted by molar-refractivity contribution is 7.90. The van der Waals surface area contributed by atoms with E-state index in [0.29, 0.717) is 6.42 Å². The number of urea groups is 1. The van der Waals surface area contributed by atoms with Crippen molar-refractivity contribution in [1.29, 1.82) is 0 Å². The standard InChI is InChI=1S/C13H26N2O5S/c1-13(2,3)9-10(8-11(16)17)14-12(18)15(4)6-7-21(5,19)20/h10H,6-9H2,1-5H3,(H,14,18)(H,16,17). The van der Waals surface area contributed by atoms with E-state index in [2.05, 4.69) is 5.32 Å². The van der Waals surface area contributed by atoms with Crippen LogP contribution in [0.3, 0.4) is 0 Å². The fraction of sp³-hybridized carbons (Fsp3) is 0.846. The van der Waals surface area contributed by atoms with E-state index in [1.54, 1.807) is 0 Å². The third kappa shape index (κ3) is 11.1. The molecule has 0 aliphatic heterocycles. The SMILES string of the molecule is CN(CCS(C)(=O)=O)C(=O)NC(CC(=O)O)CC(C)(C)C. The second-order valence-corrected chi connectivity index (χ2v) is 8.82. The summed E-state index contributed by atoms with van der Waals surface area (Å²) in [4.78, 5) is 24.1. The fourth-order valence-corrected chi connectivity index (χ4v) is 2.42. The number of carboxylic acid groups (broad SMARTS) is 1. The van der Waals surface area contributed by atoms with Gasteiger partial charge in [0, 0.05) is 25.9 Å². The van der Waals surface area contributed by atoms with Crippen molar-refractivity contribution in [3.8, 4) is 0 Å². The van der Waals surface area contributed by atoms with E-state index in [9.17, 15) is 18.0 Å². The van der Waals surface area contributed by atoms with Crippen LogP contribution in [0.15, 0.2) is 0 Å². The van der Waals surface area contributed by atoms with Crippen molar-refractivity contribution < 1.29 is 23.1 Å². The number of nitrogens with zero attached hydrogens (tertiary/aromatic N) is 1. The van der Waals surface area contributed by atoms with Crippen LogP contribution >= 0.6 is 0 Å². The largest absolute Gasteiger partial charge is 0.481 e. The molecule has 124 valence electrons. The lowest BCUT2D eigenvalue weighted by Gasteiger charge is -2.28. The molecule has 8 heteroatoms. The second-order valence-electron chi connectivity index (χ2n) is 6.56. The highest BCUT2D eigenvalue weighted by Crippen LogP contribution is 2.22. The van der Waals surface area contributed by atoms with E-state index in [0.717, 1.165) is 6.26 Å². The monoisotopic (exact) mass is 322 g/mol. The molecule has 7 nitrogen and oxygen atoms in total. The van der Waals surface area contributed by atoms with Gasteiger partial charge in [0.25, 0.3) is 0 Å². The molecule has 0 aliphatic rings. The Morgan fingerprint density at radius 2 is 1.81 bits per heavy atom. The summed E-state index contributed by atoms with van der Waals surface area (Å²) in [5.41, 5.74) is -0.126. The molecule has 2 amide bonds. The molecule has 21 heavy (non-hydrogen) atoms. The molecular formula is C13H26N2O5S. The number of carboxylic acids is 1. The Kier molecular flexibility index (Phi) is 7.15. The van der Waals surface area contributed by atoms with Gasteiger partial charge in [-0.15, -0.1) is 0 Å². The zero-order valence-electron chi connectivity index (χ0n) is 13.3. The average Bonchev–Trinajstić information content (AvgIpc) is 2.21. The van der Waals surface area contributed by atoms with Crippen molar-refractivity contribution in [2.45, 2.75) is 39.7 Å². The smallest absolute Gasteiger partial charge is 0.317 e. The molecule has 0 spiro atoms. The van der Waals surface area contributed by atoms with Crippen LogP contribution in [0.4, 0.5) is 4.79 Å². The Bertz CT molecular complexity index is 467. The number of rotatable bonds is 7. The van der Waals surface area contributed by atoms with Crippen molar-refractivity contribution in [2.24, 2.45) is 5.41 Å². The van der Waals surface area contributed by atoms with Crippen LogP contribution in [0, 0.1) is 5.41 Å². The summed E-state index contributed by atoms with van der Waals surface area (Å²) in [6.45, 7) is 5.95. The molecule has 1 unspecified atom stereocenters. The van der Waals surface area contributed by atoms with Crippen molar-refractivity contribution in [2.75, 3.05) is 25.6 Å². The van der Waals surface area contributed by atoms with Crippen molar-refractivity contribution in [3.05, 3.63) is 0 Å². The average molecular weight is 322 g/mol. The van der Waals surface area contributed by atoms with Crippen LogP contribution in [0.2, 0.25) is 0 Å². The van der Waals surface area contributed by atoms with Crippen molar-refractivity contribution in [1.82, 2.24) is 10.2 Å². The lowest BCUT2D eigenvalue weighted by atomic mass is 9.87. The van der Waals surface area contributed by atoms with E-state index in [1.807, 2.05) is 20.8 Å². The Labute approximate surface area is 126 Å². The summed E-state index contributed by atoms with van der Waals surface area (Å²) in [6.07, 6.45) is 1.46. The summed E-state index contributed by atoms with van der Waals surface area (Å²) in [6, 6.07) is -0.954. The summed E-state index contributed by atoms with van der Waals surface area (Å²) in [5, 5.41) is 11.6. The lowest BCUT2D eigenvalue weighted by Crippen LogP contribution is -2.46. The number of amides is 2. The molecular weight excluding hydrogens is 296 g/mol. The minimum absolute atomic E-state index is 0.0694. The van der Waals surface area contributed by atoms with Gasteiger partial charge in [-0.05, 0) is 11.8 Å². The summed E-state index contributed by atoms with van der Waals surface area (Å²) in [5.74, 6) is -1.11. The van der Waals surface area contributed by atoms with Gasteiger partial charge < -0.3 is 15.3 Å². The van der Waals surface area contributed by atoms with Gasteiger partial charge >= 0.3 is 12.0 Å². The summed E-state index contributed by atoms with van der Waals surface area (Å²) < 4.78 is 22.2. The van der Waals surface area contributed by atoms with E-state index in [1.165, 1.54) is 11.9 Å². The third-order valence-corrected chi connectivity index (χ3v) is 3.68. The molecule has 0 rings (SSSR count). The van der Waals surface area contributed by atoms with Gasteiger partial charge in [0.05, 0.1) is 12.2 Å². The quantitative estimate of drug-likeness (QED) is 0.726. The molecule has 0 radical (unpaired) electrons. The van der Waals surface area contributed by atoms with Gasteiger partial charge in [-0.2, -0.15) is 0 Å². The van der Waals surface area contributed by atoms with Gasteiger partial charge in [0.15, 0.2) is 0 Å². The van der Waals surface area contributed by atoms with Gasteiger partial charge in [-0.3, -0.25) is 4.79 Å². The maximum absolute atomic E-state index is 12.0. The Morgan fingerprint density at radius 3 is 2.19 bits per heavy atom. The number of carbonyl (C=O) groups excluding carboxylic acids is 1. The van der Waals surface area contributed by atoms with Gasteiger partial charge in [-0.25, -0.2) is 13.2 Å². The number of hydrogen-bond acceptors (Lipinski definition) is 4. The van der Waals surface area contributed by atoms with Crippen LogP contribution in [0.5, 0.6) is 0 Å². The molecule has 1 atom stereocenters. The van der Waals surface area contributed by atoms with Crippen LogP contribution in [-0.4, -0.2) is 62.1 Å². The highest BCUT2D eigenvalue weighted by Gasteiger charge is 2.24. The molecule has 0 bridgehead atoms. The van der Waals surface area contributed by atoms with E-state index < -0.39 is 27.9 Å². The molecule has 0 aromatic rings. The van der Waals surface area contributed by atoms with Gasteiger partial charge in [0.1, 0.15) is 9.84 Å². The maximum atomic E-state index is 12.0. The fourth-order valence-electron chi connectivity index (χ4n) is 1.81. The number of sulfone groups is 1. The first kappa shape index (κ1) is 19.7. The van der Waals surface area contributed by atoms with Crippen LogP contribution < -0.4 is 5.32 Å². The summed E-state index contributed by atoms with van der Waals surface area (Å²) in [7, 11) is -1.66. The van der Waals surface area contributed by atoms with E-state index >= 15 is 0 Å². The molecule has 0 fully saturated rings. The molecule has 0 aromatic heterocycles. The molecule has 0 aromatic carbocycles. The number of aliphatic carboxylic acids is 1. The predicted octanol–water partition coefficient (Wildman–Crippen LogP) is 0.952. The van der Waals surface area contributed by atoms with E-state index in [-0.39, 0.29) is 24.1 Å². The molecule has 2 N–H and O–H groups in total. The Hall–Kier alpha value is -1.31. The second kappa shape index (κ2) is 7.63. The highest BCUT2D eigenvalue weighted by atomic mass is 32.2. The minimum Gasteiger partial charge on any atom is -0.481 e. The first-order valence-electron chi connectivity index (χ1n) is 6.71. The van der Waals surface area contributed by atoms with Crippen molar-refractivity contribution in [3.63, 3.8) is 0 Å². The zero-order valence-corrected chi connectivity index (χ0v) is 14.2. The molecule has 0 aliphatic carbocycles. The van der Waals surface area contributed by atoms with Crippen molar-refractivity contribution >= 4 is 21.8 Å². The van der Waals surface area contributed by atoms with Crippen LogP contribution in [0.1, 0.15) is 33.6 Å². The zero-order chi connectivity index (χ0) is 16.8. The first-order chi connectivity index (χ1) is 9.30. The topological polar surface area (TPSA) is 104 Å².